The monoisotopic (exact) mass is 288 g/mol. The summed E-state index contributed by atoms with van der Waals surface area (Å²) < 4.78 is 0. The van der Waals surface area contributed by atoms with Crippen LogP contribution in [-0.4, -0.2) is 40.8 Å². The Balaban J connectivity index is 1.88. The van der Waals surface area contributed by atoms with E-state index in [1.165, 1.54) is 25.8 Å². The molecule has 2 rings (SSSR count). The van der Waals surface area contributed by atoms with Crippen LogP contribution in [0.4, 0.5) is 0 Å². The highest BCUT2D eigenvalue weighted by Gasteiger charge is 2.36. The third-order valence-corrected chi connectivity index (χ3v) is 4.89. The summed E-state index contributed by atoms with van der Waals surface area (Å²) in [5, 5.41) is 3.20. The van der Waals surface area contributed by atoms with Crippen molar-refractivity contribution in [2.24, 2.45) is 0 Å². The fourth-order valence-corrected chi connectivity index (χ4v) is 3.01. The highest BCUT2D eigenvalue weighted by Crippen LogP contribution is 2.27. The van der Waals surface area contributed by atoms with Gasteiger partial charge in [0.25, 0.3) is 0 Å². The lowest BCUT2D eigenvalue weighted by molar-refractivity contribution is -0.121. The summed E-state index contributed by atoms with van der Waals surface area (Å²) in [6.45, 7) is 4.41. The van der Waals surface area contributed by atoms with Gasteiger partial charge >= 0.3 is 0 Å². The maximum Gasteiger partial charge on any atom is 0.234 e. The van der Waals surface area contributed by atoms with Gasteiger partial charge in [-0.3, -0.25) is 9.69 Å². The van der Waals surface area contributed by atoms with E-state index in [0.717, 1.165) is 19.4 Å². The summed E-state index contributed by atoms with van der Waals surface area (Å²) in [6, 6.07) is 0.994. The van der Waals surface area contributed by atoms with E-state index in [1.807, 2.05) is 6.92 Å². The van der Waals surface area contributed by atoms with E-state index in [0.29, 0.717) is 12.1 Å². The Morgan fingerprint density at radius 1 is 1.44 bits per heavy atom. The highest BCUT2D eigenvalue weighted by atomic mass is 79.9. The number of piperidine rings is 1. The minimum absolute atomic E-state index is 0.0230. The lowest BCUT2D eigenvalue weighted by Gasteiger charge is -2.32. The third-order valence-electron chi connectivity index (χ3n) is 3.83. The molecule has 16 heavy (non-hydrogen) atoms. The van der Waals surface area contributed by atoms with E-state index in [9.17, 15) is 4.79 Å². The average Bonchev–Trinajstić information content (AvgIpc) is 2.72. The molecular formula is C12H21BrN2O. The molecule has 0 radical (unpaired) electrons. The Kier molecular flexibility index (Phi) is 4.25. The van der Waals surface area contributed by atoms with Crippen LogP contribution in [-0.2, 0) is 4.79 Å². The molecule has 2 heterocycles. The third kappa shape index (κ3) is 2.59. The number of amides is 1. The van der Waals surface area contributed by atoms with Crippen molar-refractivity contribution in [3.05, 3.63) is 0 Å². The van der Waals surface area contributed by atoms with Gasteiger partial charge in [0.1, 0.15) is 0 Å². The van der Waals surface area contributed by atoms with Crippen LogP contribution in [0.15, 0.2) is 0 Å². The van der Waals surface area contributed by atoms with E-state index in [-0.39, 0.29) is 10.7 Å². The molecule has 3 nitrogen and oxygen atoms in total. The molecule has 0 aromatic heterocycles. The first-order valence-electron chi connectivity index (χ1n) is 6.41. The quantitative estimate of drug-likeness (QED) is 0.805. The summed E-state index contributed by atoms with van der Waals surface area (Å²) in [4.78, 5) is 14.4. The normalized spacial score (nSPS) is 32.1. The summed E-state index contributed by atoms with van der Waals surface area (Å²) in [5.41, 5.74) is 0. The van der Waals surface area contributed by atoms with Crippen LogP contribution in [0.1, 0.15) is 39.0 Å². The van der Waals surface area contributed by atoms with Gasteiger partial charge in [0.2, 0.25) is 5.91 Å². The number of nitrogens with zero attached hydrogens (tertiary/aromatic N) is 1. The number of rotatable bonds is 3. The molecule has 1 N–H and O–H groups in total. The molecule has 0 aliphatic carbocycles. The van der Waals surface area contributed by atoms with Gasteiger partial charge in [-0.05, 0) is 32.2 Å². The van der Waals surface area contributed by atoms with Crippen molar-refractivity contribution in [3.63, 3.8) is 0 Å². The van der Waals surface area contributed by atoms with Gasteiger partial charge in [-0.15, -0.1) is 0 Å². The average molecular weight is 289 g/mol. The number of alkyl halides is 1. The zero-order valence-corrected chi connectivity index (χ0v) is 11.5. The lowest BCUT2D eigenvalue weighted by Crippen LogP contribution is -2.48. The molecule has 92 valence electrons. The molecule has 0 saturated carbocycles. The van der Waals surface area contributed by atoms with Gasteiger partial charge in [-0.1, -0.05) is 29.3 Å². The van der Waals surface area contributed by atoms with E-state index in [1.54, 1.807) is 0 Å². The van der Waals surface area contributed by atoms with E-state index in [2.05, 4.69) is 26.1 Å². The van der Waals surface area contributed by atoms with Crippen LogP contribution in [0, 0.1) is 0 Å². The van der Waals surface area contributed by atoms with Crippen molar-refractivity contribution in [2.75, 3.05) is 13.1 Å². The molecule has 0 aromatic carbocycles. The van der Waals surface area contributed by atoms with Gasteiger partial charge < -0.3 is 5.32 Å². The van der Waals surface area contributed by atoms with Crippen LogP contribution in [0.2, 0.25) is 0 Å². The molecule has 2 saturated heterocycles. The maximum absolute atomic E-state index is 11.8. The second kappa shape index (κ2) is 5.50. The van der Waals surface area contributed by atoms with Gasteiger partial charge in [0.15, 0.2) is 0 Å². The SMILES string of the molecule is CCC(Br)C(=O)NC1CCN2CCCCC12. The number of hydrogen-bond donors (Lipinski definition) is 1. The molecule has 2 aliphatic rings. The summed E-state index contributed by atoms with van der Waals surface area (Å²) >= 11 is 3.41. The number of nitrogens with one attached hydrogen (secondary N) is 1. The van der Waals surface area contributed by atoms with Gasteiger partial charge in [0.05, 0.1) is 4.83 Å². The van der Waals surface area contributed by atoms with Crippen molar-refractivity contribution >= 4 is 21.8 Å². The van der Waals surface area contributed by atoms with Crippen molar-refractivity contribution in [2.45, 2.75) is 55.9 Å². The van der Waals surface area contributed by atoms with Crippen molar-refractivity contribution in [1.82, 2.24) is 10.2 Å². The van der Waals surface area contributed by atoms with Crippen molar-refractivity contribution in [3.8, 4) is 0 Å². The minimum Gasteiger partial charge on any atom is -0.351 e. The molecular weight excluding hydrogens is 268 g/mol. The Morgan fingerprint density at radius 3 is 3.00 bits per heavy atom. The van der Waals surface area contributed by atoms with Crippen LogP contribution >= 0.6 is 15.9 Å². The van der Waals surface area contributed by atoms with E-state index in [4.69, 9.17) is 0 Å². The molecule has 0 spiro atoms. The summed E-state index contributed by atoms with van der Waals surface area (Å²) in [7, 11) is 0. The Bertz CT molecular complexity index is 259. The molecule has 2 fully saturated rings. The molecule has 0 bridgehead atoms. The first-order valence-corrected chi connectivity index (χ1v) is 7.32. The molecule has 4 heteroatoms. The maximum atomic E-state index is 11.8. The summed E-state index contributed by atoms with van der Waals surface area (Å²) in [5.74, 6) is 0.167. The molecule has 1 amide bonds. The fraction of sp³-hybridized carbons (Fsp3) is 0.917. The van der Waals surface area contributed by atoms with Crippen LogP contribution in [0.5, 0.6) is 0 Å². The number of hydrogen-bond acceptors (Lipinski definition) is 2. The zero-order valence-electron chi connectivity index (χ0n) is 9.92. The molecule has 0 aromatic rings. The predicted octanol–water partition coefficient (Wildman–Crippen LogP) is 1.90. The van der Waals surface area contributed by atoms with Gasteiger partial charge in [-0.2, -0.15) is 0 Å². The Morgan fingerprint density at radius 2 is 2.25 bits per heavy atom. The van der Waals surface area contributed by atoms with Gasteiger partial charge in [-0.25, -0.2) is 0 Å². The van der Waals surface area contributed by atoms with E-state index >= 15 is 0 Å². The lowest BCUT2D eigenvalue weighted by atomic mass is 9.99. The fourth-order valence-electron chi connectivity index (χ4n) is 2.87. The molecule has 2 aliphatic heterocycles. The van der Waals surface area contributed by atoms with Crippen LogP contribution < -0.4 is 5.32 Å². The number of halogens is 1. The zero-order chi connectivity index (χ0) is 11.5. The number of fused-ring (bicyclic) bond motifs is 1. The Labute approximate surface area is 106 Å². The minimum atomic E-state index is -0.0230. The first kappa shape index (κ1) is 12.4. The van der Waals surface area contributed by atoms with Gasteiger partial charge in [0, 0.05) is 18.6 Å². The standard InChI is InChI=1S/C12H21BrN2O/c1-2-9(13)12(16)14-10-6-8-15-7-4-3-5-11(10)15/h9-11H,2-8H2,1H3,(H,14,16). The second-order valence-electron chi connectivity index (χ2n) is 4.88. The molecule has 3 unspecified atom stereocenters. The summed E-state index contributed by atoms with van der Waals surface area (Å²) in [6.07, 6.45) is 5.88. The van der Waals surface area contributed by atoms with Crippen LogP contribution in [0.3, 0.4) is 0 Å². The first-order chi connectivity index (χ1) is 7.72. The van der Waals surface area contributed by atoms with Crippen molar-refractivity contribution in [1.29, 1.82) is 0 Å². The number of carbonyl (C=O) groups excluding carboxylic acids is 1. The molecule has 3 atom stereocenters. The van der Waals surface area contributed by atoms with Crippen LogP contribution in [0.25, 0.3) is 0 Å². The van der Waals surface area contributed by atoms with E-state index < -0.39 is 0 Å². The largest absolute Gasteiger partial charge is 0.351 e. The smallest absolute Gasteiger partial charge is 0.234 e. The van der Waals surface area contributed by atoms with Crippen molar-refractivity contribution < 1.29 is 4.79 Å². The topological polar surface area (TPSA) is 32.3 Å². The second-order valence-corrected chi connectivity index (χ2v) is 5.98. The Hall–Kier alpha value is -0.0900. The predicted molar refractivity (Wildman–Crippen MR) is 68.8 cm³/mol. The number of carbonyl (C=O) groups is 1. The highest BCUT2D eigenvalue weighted by molar-refractivity contribution is 9.10.